The van der Waals surface area contributed by atoms with E-state index in [4.69, 9.17) is 11.6 Å². The molecule has 2 heterocycles. The Kier molecular flexibility index (Phi) is 6.05. The minimum atomic E-state index is -3.67. The van der Waals surface area contributed by atoms with Crippen molar-refractivity contribution in [3.05, 3.63) is 53.6 Å². The number of anilines is 1. The number of aromatic nitrogens is 1. The van der Waals surface area contributed by atoms with E-state index in [0.29, 0.717) is 18.8 Å². The van der Waals surface area contributed by atoms with E-state index in [2.05, 4.69) is 10.3 Å². The number of sulfonamides is 1. The van der Waals surface area contributed by atoms with E-state index in [1.54, 1.807) is 12.1 Å². The largest absolute Gasteiger partial charge is 0.322 e. The van der Waals surface area contributed by atoms with E-state index >= 15 is 0 Å². The molecule has 27 heavy (non-hydrogen) atoms. The molecule has 0 aliphatic carbocycles. The van der Waals surface area contributed by atoms with Gasteiger partial charge in [-0.05, 0) is 36.4 Å². The third-order valence-corrected chi connectivity index (χ3v) is 6.40. The van der Waals surface area contributed by atoms with E-state index in [9.17, 15) is 17.6 Å². The van der Waals surface area contributed by atoms with Crippen LogP contribution in [-0.4, -0.2) is 61.2 Å². The second-order valence-corrected chi connectivity index (χ2v) is 8.32. The van der Waals surface area contributed by atoms with Gasteiger partial charge in [-0.15, -0.1) is 0 Å². The van der Waals surface area contributed by atoms with Crippen LogP contribution in [-0.2, 0) is 14.8 Å². The zero-order valence-electron chi connectivity index (χ0n) is 14.3. The fourth-order valence-corrected chi connectivity index (χ4v) is 4.34. The number of pyridine rings is 1. The lowest BCUT2D eigenvalue weighted by Gasteiger charge is -2.33. The molecule has 0 radical (unpaired) electrons. The molecular formula is C17H18ClFN4O3S. The quantitative estimate of drug-likeness (QED) is 0.757. The molecule has 3 rings (SSSR count). The molecule has 0 unspecified atom stereocenters. The summed E-state index contributed by atoms with van der Waals surface area (Å²) in [7, 11) is -3.67. The summed E-state index contributed by atoms with van der Waals surface area (Å²) in [5.41, 5.74) is 0.432. The second-order valence-electron chi connectivity index (χ2n) is 6.02. The fraction of sp³-hybridized carbons (Fsp3) is 0.294. The molecule has 2 aromatic rings. The Morgan fingerprint density at radius 3 is 2.44 bits per heavy atom. The van der Waals surface area contributed by atoms with Gasteiger partial charge in [0.25, 0.3) is 0 Å². The highest BCUT2D eigenvalue weighted by molar-refractivity contribution is 7.89. The fourth-order valence-electron chi connectivity index (χ4n) is 2.76. The number of piperazine rings is 1. The molecule has 1 aliphatic heterocycles. The first-order valence-corrected chi connectivity index (χ1v) is 10.1. The summed E-state index contributed by atoms with van der Waals surface area (Å²) in [5, 5.41) is 2.90. The minimum Gasteiger partial charge on any atom is -0.322 e. The Labute approximate surface area is 161 Å². The molecule has 1 aromatic carbocycles. The zero-order chi connectivity index (χ0) is 19.4. The molecule has 0 bridgehead atoms. The number of halogens is 2. The van der Waals surface area contributed by atoms with Crippen LogP contribution in [0, 0.1) is 5.82 Å². The van der Waals surface area contributed by atoms with E-state index < -0.39 is 15.8 Å². The first-order chi connectivity index (χ1) is 12.9. The molecule has 1 aliphatic rings. The molecule has 0 saturated carbocycles. The topological polar surface area (TPSA) is 82.6 Å². The summed E-state index contributed by atoms with van der Waals surface area (Å²) in [5.74, 6) is -0.738. The van der Waals surface area contributed by atoms with Crippen LogP contribution < -0.4 is 5.32 Å². The van der Waals surface area contributed by atoms with Crippen LogP contribution in [0.4, 0.5) is 10.1 Å². The minimum absolute atomic E-state index is 0.0568. The lowest BCUT2D eigenvalue weighted by Crippen LogP contribution is -2.50. The number of benzene rings is 1. The third kappa shape index (κ3) is 4.81. The molecule has 7 nitrogen and oxygen atoms in total. The van der Waals surface area contributed by atoms with Crippen molar-refractivity contribution in [3.8, 4) is 0 Å². The maximum absolute atomic E-state index is 13.0. The Bertz CT molecular complexity index is 916. The van der Waals surface area contributed by atoms with Crippen molar-refractivity contribution in [2.24, 2.45) is 0 Å². The summed E-state index contributed by atoms with van der Waals surface area (Å²) in [6.45, 7) is 1.44. The molecular weight excluding hydrogens is 395 g/mol. The summed E-state index contributed by atoms with van der Waals surface area (Å²) in [6, 6.07) is 8.07. The van der Waals surface area contributed by atoms with E-state index in [-0.39, 0.29) is 35.6 Å². The van der Waals surface area contributed by atoms with Crippen LogP contribution in [0.25, 0.3) is 0 Å². The van der Waals surface area contributed by atoms with Crippen LogP contribution in [0.1, 0.15) is 0 Å². The predicted octanol–water partition coefficient (Wildman–Crippen LogP) is 1.82. The first kappa shape index (κ1) is 19.7. The van der Waals surface area contributed by atoms with Crippen LogP contribution in [0.3, 0.4) is 0 Å². The van der Waals surface area contributed by atoms with Crippen LogP contribution in [0.2, 0.25) is 5.15 Å². The first-order valence-electron chi connectivity index (χ1n) is 8.25. The number of amides is 1. The smallest absolute Gasteiger partial charge is 0.243 e. The average Bonchev–Trinajstić information content (AvgIpc) is 2.64. The van der Waals surface area contributed by atoms with Crippen molar-refractivity contribution < 1.29 is 17.6 Å². The molecule has 1 amide bonds. The summed E-state index contributed by atoms with van der Waals surface area (Å²) in [4.78, 5) is 18.0. The van der Waals surface area contributed by atoms with Gasteiger partial charge in [0.1, 0.15) is 5.82 Å². The predicted molar refractivity (Wildman–Crippen MR) is 99.5 cm³/mol. The number of carbonyl (C=O) groups is 1. The maximum atomic E-state index is 13.0. The van der Waals surface area contributed by atoms with Gasteiger partial charge in [-0.1, -0.05) is 11.6 Å². The van der Waals surface area contributed by atoms with E-state index in [0.717, 1.165) is 12.1 Å². The SMILES string of the molecule is O=C(CN1CCN(S(=O)(=O)c2ccc(F)cc2)CC1)Nc1cccnc1Cl. The zero-order valence-corrected chi connectivity index (χ0v) is 15.9. The van der Waals surface area contributed by atoms with Gasteiger partial charge in [0.15, 0.2) is 5.15 Å². The van der Waals surface area contributed by atoms with Crippen molar-refractivity contribution >= 4 is 33.2 Å². The Morgan fingerprint density at radius 1 is 1.15 bits per heavy atom. The van der Waals surface area contributed by atoms with Gasteiger partial charge in [-0.25, -0.2) is 17.8 Å². The molecule has 0 spiro atoms. The lowest BCUT2D eigenvalue weighted by molar-refractivity contribution is -0.117. The lowest BCUT2D eigenvalue weighted by atomic mass is 10.3. The second kappa shape index (κ2) is 8.30. The Hall–Kier alpha value is -2.07. The molecule has 1 saturated heterocycles. The number of hydrogen-bond donors (Lipinski definition) is 1. The van der Waals surface area contributed by atoms with Gasteiger partial charge in [0.2, 0.25) is 15.9 Å². The van der Waals surface area contributed by atoms with Crippen molar-refractivity contribution in [3.63, 3.8) is 0 Å². The van der Waals surface area contributed by atoms with Gasteiger partial charge in [0, 0.05) is 32.4 Å². The molecule has 144 valence electrons. The normalized spacial score (nSPS) is 16.2. The number of nitrogens with one attached hydrogen (secondary N) is 1. The standard InChI is InChI=1S/C17H18ClFN4O3S/c18-17-15(2-1-7-20-17)21-16(24)12-22-8-10-23(11-9-22)27(25,26)14-5-3-13(19)4-6-14/h1-7H,8-12H2,(H,21,24). The van der Waals surface area contributed by atoms with E-state index in [1.807, 2.05) is 4.90 Å². The summed E-state index contributed by atoms with van der Waals surface area (Å²) in [6.07, 6.45) is 1.53. The molecule has 1 aromatic heterocycles. The van der Waals surface area contributed by atoms with E-state index in [1.165, 1.54) is 22.6 Å². The van der Waals surface area contributed by atoms with Crippen molar-refractivity contribution in [1.29, 1.82) is 0 Å². The third-order valence-electron chi connectivity index (χ3n) is 4.18. The number of hydrogen-bond acceptors (Lipinski definition) is 5. The summed E-state index contributed by atoms with van der Waals surface area (Å²) >= 11 is 5.91. The highest BCUT2D eigenvalue weighted by atomic mass is 35.5. The maximum Gasteiger partial charge on any atom is 0.243 e. The molecule has 1 fully saturated rings. The monoisotopic (exact) mass is 412 g/mol. The Balaban J connectivity index is 1.55. The van der Waals surface area contributed by atoms with Crippen LogP contribution >= 0.6 is 11.6 Å². The highest BCUT2D eigenvalue weighted by Crippen LogP contribution is 2.19. The number of nitrogens with zero attached hydrogens (tertiary/aromatic N) is 3. The van der Waals surface area contributed by atoms with Crippen LogP contribution in [0.15, 0.2) is 47.5 Å². The van der Waals surface area contributed by atoms with Gasteiger partial charge in [0.05, 0.1) is 17.1 Å². The number of rotatable bonds is 5. The van der Waals surface area contributed by atoms with Gasteiger partial charge in [-0.3, -0.25) is 9.69 Å². The van der Waals surface area contributed by atoms with Gasteiger partial charge < -0.3 is 5.32 Å². The molecule has 10 heteroatoms. The molecule has 0 atom stereocenters. The highest BCUT2D eigenvalue weighted by Gasteiger charge is 2.29. The van der Waals surface area contributed by atoms with Crippen LogP contribution in [0.5, 0.6) is 0 Å². The number of carbonyl (C=O) groups excluding carboxylic acids is 1. The van der Waals surface area contributed by atoms with Gasteiger partial charge >= 0.3 is 0 Å². The average molecular weight is 413 g/mol. The van der Waals surface area contributed by atoms with Crippen molar-refractivity contribution in [2.75, 3.05) is 38.0 Å². The summed E-state index contributed by atoms with van der Waals surface area (Å²) < 4.78 is 39.5. The molecule has 1 N–H and O–H groups in total. The van der Waals surface area contributed by atoms with Crippen molar-refractivity contribution in [1.82, 2.24) is 14.2 Å². The van der Waals surface area contributed by atoms with Gasteiger partial charge in [-0.2, -0.15) is 4.31 Å². The van der Waals surface area contributed by atoms with Crippen molar-refractivity contribution in [2.45, 2.75) is 4.90 Å². The Morgan fingerprint density at radius 2 is 1.81 bits per heavy atom.